The van der Waals surface area contributed by atoms with Crippen LogP contribution in [0, 0.1) is 11.5 Å². The number of aromatic nitrogens is 1. The summed E-state index contributed by atoms with van der Waals surface area (Å²) in [6, 6.07) is 3.35. The first-order valence-electron chi connectivity index (χ1n) is 5.10. The highest BCUT2D eigenvalue weighted by Crippen LogP contribution is 2.07. The van der Waals surface area contributed by atoms with Crippen molar-refractivity contribution in [2.24, 2.45) is 4.99 Å². The molecule has 0 fully saturated rings. The predicted octanol–water partition coefficient (Wildman–Crippen LogP) is 2.70. The molecule has 0 aliphatic heterocycles. The monoisotopic (exact) mass is 272 g/mol. The number of amidine groups is 1. The van der Waals surface area contributed by atoms with E-state index in [1.807, 2.05) is 0 Å². The second-order valence-electron chi connectivity index (χ2n) is 3.45. The summed E-state index contributed by atoms with van der Waals surface area (Å²) in [6.07, 6.45) is 0.632. The van der Waals surface area contributed by atoms with Crippen molar-refractivity contribution in [2.45, 2.75) is 19.9 Å². The Morgan fingerprint density at radius 2 is 2.33 bits per heavy atom. The summed E-state index contributed by atoms with van der Waals surface area (Å²) in [5.74, 6) is 0.243. The summed E-state index contributed by atoms with van der Waals surface area (Å²) in [6.45, 7) is 1.12. The molecule has 18 heavy (non-hydrogen) atoms. The van der Waals surface area contributed by atoms with Gasteiger partial charge in [0.15, 0.2) is 6.19 Å². The molecule has 1 aromatic heterocycles. The largest absolute Gasteiger partial charge is 0.267 e. The number of hydrogen-bond acceptors (Lipinski definition) is 3. The quantitative estimate of drug-likeness (QED) is 0.278. The number of nitrogens with zero attached hydrogens (tertiary/aromatic N) is 4. The second kappa shape index (κ2) is 6.87. The summed E-state index contributed by atoms with van der Waals surface area (Å²) in [5, 5.41) is 9.08. The standard InChI is InChI=1S/C11H11ClF2N4/c1-8(18(7-15)6-11(13)14)16-4-9-2-3-10(12)17-5-9/h2-3,5,11H,4,6H2,1H3. The Hall–Kier alpha value is -1.74. The molecule has 0 N–H and O–H groups in total. The number of alkyl halides is 2. The van der Waals surface area contributed by atoms with Gasteiger partial charge in [-0.05, 0) is 18.6 Å². The maximum absolute atomic E-state index is 12.2. The molecule has 0 saturated carbocycles. The van der Waals surface area contributed by atoms with Crippen molar-refractivity contribution in [3.8, 4) is 6.19 Å². The van der Waals surface area contributed by atoms with Gasteiger partial charge in [-0.15, -0.1) is 0 Å². The minimum absolute atomic E-state index is 0.243. The molecule has 0 radical (unpaired) electrons. The molecule has 1 heterocycles. The van der Waals surface area contributed by atoms with Gasteiger partial charge in [0.05, 0.1) is 13.1 Å². The van der Waals surface area contributed by atoms with Crippen LogP contribution in [0.1, 0.15) is 12.5 Å². The fourth-order valence-corrected chi connectivity index (χ4v) is 1.29. The van der Waals surface area contributed by atoms with Crippen LogP contribution in [0.5, 0.6) is 0 Å². The number of rotatable bonds is 4. The lowest BCUT2D eigenvalue weighted by molar-refractivity contribution is 0.130. The zero-order chi connectivity index (χ0) is 13.5. The average Bonchev–Trinajstić information content (AvgIpc) is 2.34. The van der Waals surface area contributed by atoms with Crippen LogP contribution in [0.4, 0.5) is 8.78 Å². The molecule has 1 aromatic rings. The first kappa shape index (κ1) is 14.3. The van der Waals surface area contributed by atoms with Gasteiger partial charge in [0.1, 0.15) is 11.0 Å². The van der Waals surface area contributed by atoms with E-state index in [0.29, 0.717) is 5.15 Å². The van der Waals surface area contributed by atoms with Crippen LogP contribution in [0.3, 0.4) is 0 Å². The van der Waals surface area contributed by atoms with Crippen molar-refractivity contribution in [2.75, 3.05) is 6.54 Å². The maximum atomic E-state index is 12.2. The van der Waals surface area contributed by atoms with Gasteiger partial charge < -0.3 is 0 Å². The molecule has 4 nitrogen and oxygen atoms in total. The number of pyridine rings is 1. The number of aliphatic imine (C=N–C) groups is 1. The topological polar surface area (TPSA) is 52.3 Å². The Morgan fingerprint density at radius 1 is 1.61 bits per heavy atom. The fourth-order valence-electron chi connectivity index (χ4n) is 1.17. The van der Waals surface area contributed by atoms with Crippen molar-refractivity contribution >= 4 is 17.4 Å². The Bertz CT molecular complexity index is 453. The third-order valence-electron chi connectivity index (χ3n) is 2.11. The number of hydrogen-bond donors (Lipinski definition) is 0. The van der Waals surface area contributed by atoms with Gasteiger partial charge in [-0.1, -0.05) is 17.7 Å². The molecule has 0 saturated heterocycles. The van der Waals surface area contributed by atoms with E-state index in [4.69, 9.17) is 16.9 Å². The Kier molecular flexibility index (Phi) is 5.46. The normalized spacial score (nSPS) is 11.4. The van der Waals surface area contributed by atoms with Crippen LogP contribution in [0.15, 0.2) is 23.3 Å². The van der Waals surface area contributed by atoms with E-state index < -0.39 is 13.0 Å². The molecule has 0 spiro atoms. The molecule has 7 heteroatoms. The third kappa shape index (κ3) is 4.63. The summed E-state index contributed by atoms with van der Waals surface area (Å²) in [4.78, 5) is 8.78. The summed E-state index contributed by atoms with van der Waals surface area (Å²) in [5.41, 5.74) is 0.786. The van der Waals surface area contributed by atoms with Gasteiger partial charge in [0, 0.05) is 6.20 Å². The van der Waals surface area contributed by atoms with Gasteiger partial charge in [-0.3, -0.25) is 9.89 Å². The number of halogens is 3. The minimum atomic E-state index is -2.58. The number of nitriles is 1. The van der Waals surface area contributed by atoms with E-state index in [0.717, 1.165) is 10.5 Å². The van der Waals surface area contributed by atoms with Gasteiger partial charge in [-0.25, -0.2) is 13.8 Å². The Morgan fingerprint density at radius 3 is 2.83 bits per heavy atom. The van der Waals surface area contributed by atoms with E-state index in [-0.39, 0.29) is 12.4 Å². The van der Waals surface area contributed by atoms with Gasteiger partial charge in [0.25, 0.3) is 6.43 Å². The van der Waals surface area contributed by atoms with Crippen molar-refractivity contribution in [1.82, 2.24) is 9.88 Å². The van der Waals surface area contributed by atoms with E-state index in [2.05, 4.69) is 9.98 Å². The van der Waals surface area contributed by atoms with Crippen molar-refractivity contribution < 1.29 is 8.78 Å². The Labute approximate surface area is 109 Å². The van der Waals surface area contributed by atoms with Crippen molar-refractivity contribution in [3.05, 3.63) is 29.0 Å². The van der Waals surface area contributed by atoms with Crippen LogP contribution in [-0.4, -0.2) is 28.7 Å². The van der Waals surface area contributed by atoms with Crippen LogP contribution < -0.4 is 0 Å². The molecule has 0 aliphatic carbocycles. The lowest BCUT2D eigenvalue weighted by Gasteiger charge is -2.14. The van der Waals surface area contributed by atoms with Crippen molar-refractivity contribution in [3.63, 3.8) is 0 Å². The molecule has 0 bridgehead atoms. The first-order chi connectivity index (χ1) is 8.52. The van der Waals surface area contributed by atoms with E-state index in [1.165, 1.54) is 6.92 Å². The van der Waals surface area contributed by atoms with Gasteiger partial charge in [0.2, 0.25) is 0 Å². The summed E-state index contributed by atoms with van der Waals surface area (Å²) < 4.78 is 24.3. The van der Waals surface area contributed by atoms with Crippen LogP contribution in [0.2, 0.25) is 5.15 Å². The van der Waals surface area contributed by atoms with Crippen LogP contribution in [0.25, 0.3) is 0 Å². The highest BCUT2D eigenvalue weighted by atomic mass is 35.5. The van der Waals surface area contributed by atoms with E-state index in [1.54, 1.807) is 24.5 Å². The molecule has 96 valence electrons. The molecule has 0 aliphatic rings. The van der Waals surface area contributed by atoms with Crippen LogP contribution in [-0.2, 0) is 6.54 Å². The third-order valence-corrected chi connectivity index (χ3v) is 2.33. The molecule has 1 rings (SSSR count). The Balaban J connectivity index is 2.65. The maximum Gasteiger partial charge on any atom is 0.257 e. The minimum Gasteiger partial charge on any atom is -0.267 e. The molecular formula is C11H11ClF2N4. The summed E-state index contributed by atoms with van der Waals surface area (Å²) in [7, 11) is 0. The molecule has 0 aromatic carbocycles. The zero-order valence-electron chi connectivity index (χ0n) is 9.65. The molecule has 0 amide bonds. The highest BCUT2D eigenvalue weighted by molar-refractivity contribution is 6.29. The lowest BCUT2D eigenvalue weighted by Crippen LogP contribution is -2.28. The average molecular weight is 273 g/mol. The molecule has 0 atom stereocenters. The smallest absolute Gasteiger partial charge is 0.257 e. The van der Waals surface area contributed by atoms with Crippen molar-refractivity contribution in [1.29, 1.82) is 5.26 Å². The van der Waals surface area contributed by atoms with Gasteiger partial charge in [-0.2, -0.15) is 5.26 Å². The molecule has 0 unspecified atom stereocenters. The second-order valence-corrected chi connectivity index (χ2v) is 3.84. The molecular weight excluding hydrogens is 262 g/mol. The van der Waals surface area contributed by atoms with Gasteiger partial charge >= 0.3 is 0 Å². The first-order valence-corrected chi connectivity index (χ1v) is 5.47. The van der Waals surface area contributed by atoms with Crippen LogP contribution >= 0.6 is 11.6 Å². The van der Waals surface area contributed by atoms with E-state index >= 15 is 0 Å². The lowest BCUT2D eigenvalue weighted by atomic mass is 10.3. The predicted molar refractivity (Wildman–Crippen MR) is 64.4 cm³/mol. The zero-order valence-corrected chi connectivity index (χ0v) is 10.4. The fraction of sp³-hybridized carbons (Fsp3) is 0.364. The van der Waals surface area contributed by atoms with E-state index in [9.17, 15) is 8.78 Å². The SMILES string of the molecule is CC(=NCc1ccc(Cl)nc1)N(C#N)CC(F)F. The highest BCUT2D eigenvalue weighted by Gasteiger charge is 2.12. The summed E-state index contributed by atoms with van der Waals surface area (Å²) >= 11 is 5.62.